The number of nitrogens with zero attached hydrogens (tertiary/aromatic N) is 3. The van der Waals surface area contributed by atoms with Crippen molar-refractivity contribution in [2.45, 2.75) is 39.2 Å². The number of benzene rings is 1. The minimum absolute atomic E-state index is 0.00999. The minimum Gasteiger partial charge on any atom is -0.339 e. The minimum atomic E-state index is -0.0840. The van der Waals surface area contributed by atoms with E-state index in [1.54, 1.807) is 6.20 Å². The lowest BCUT2D eigenvalue weighted by Crippen LogP contribution is -2.41. The molecule has 2 aromatic rings. The van der Waals surface area contributed by atoms with Crippen molar-refractivity contribution in [2.24, 2.45) is 5.92 Å². The fourth-order valence-corrected chi connectivity index (χ4v) is 3.55. The van der Waals surface area contributed by atoms with Gasteiger partial charge in [-0.05, 0) is 50.5 Å². The van der Waals surface area contributed by atoms with Crippen LogP contribution in [0.15, 0.2) is 41.0 Å². The van der Waals surface area contributed by atoms with Crippen LogP contribution in [0.2, 0.25) is 0 Å². The summed E-state index contributed by atoms with van der Waals surface area (Å²) in [6, 6.07) is 9.45. The molecule has 1 fully saturated rings. The van der Waals surface area contributed by atoms with Crippen LogP contribution in [0, 0.1) is 5.92 Å². The average molecular weight is 433 g/mol. The third-order valence-corrected chi connectivity index (χ3v) is 5.70. The van der Waals surface area contributed by atoms with Gasteiger partial charge in [0.05, 0.1) is 12.2 Å². The summed E-state index contributed by atoms with van der Waals surface area (Å²) in [6.45, 7) is 5.36. The molecule has 1 N–H and O–H groups in total. The standard InChI is InChI=1S/C20H25BrN4O2/c1-3-14(2)25-18(8-11-22-25)23-19(26)15-9-12-24(13-10-15)20(27)16-4-6-17(21)7-5-16/h4-8,11,14-15H,3,9-10,12-13H2,1-2H3,(H,23,26). The van der Waals surface area contributed by atoms with Crippen molar-refractivity contribution in [2.75, 3.05) is 18.4 Å². The van der Waals surface area contributed by atoms with Gasteiger partial charge in [-0.15, -0.1) is 0 Å². The van der Waals surface area contributed by atoms with Crippen LogP contribution in [0.25, 0.3) is 0 Å². The fraction of sp³-hybridized carbons (Fsp3) is 0.450. The summed E-state index contributed by atoms with van der Waals surface area (Å²) >= 11 is 3.38. The van der Waals surface area contributed by atoms with Crippen molar-refractivity contribution in [3.63, 3.8) is 0 Å². The number of nitrogens with one attached hydrogen (secondary N) is 1. The van der Waals surface area contributed by atoms with Gasteiger partial charge in [0, 0.05) is 35.1 Å². The number of carbonyl (C=O) groups is 2. The van der Waals surface area contributed by atoms with E-state index < -0.39 is 0 Å². The average Bonchev–Trinajstić information content (AvgIpc) is 3.15. The van der Waals surface area contributed by atoms with Crippen molar-refractivity contribution in [1.82, 2.24) is 14.7 Å². The van der Waals surface area contributed by atoms with E-state index >= 15 is 0 Å². The van der Waals surface area contributed by atoms with Gasteiger partial charge in [0.1, 0.15) is 5.82 Å². The number of hydrogen-bond donors (Lipinski definition) is 1. The number of amides is 2. The van der Waals surface area contributed by atoms with E-state index in [1.165, 1.54) is 0 Å². The molecule has 27 heavy (non-hydrogen) atoms. The molecule has 7 heteroatoms. The summed E-state index contributed by atoms with van der Waals surface area (Å²) in [5.41, 5.74) is 0.679. The maximum absolute atomic E-state index is 12.7. The van der Waals surface area contributed by atoms with Crippen LogP contribution in [-0.4, -0.2) is 39.6 Å². The zero-order valence-corrected chi connectivity index (χ0v) is 17.3. The summed E-state index contributed by atoms with van der Waals surface area (Å²) in [4.78, 5) is 27.1. The molecule has 1 aliphatic heterocycles. The highest BCUT2D eigenvalue weighted by Crippen LogP contribution is 2.23. The number of halogens is 1. The van der Waals surface area contributed by atoms with Crippen LogP contribution < -0.4 is 5.32 Å². The number of rotatable bonds is 5. The van der Waals surface area contributed by atoms with Crippen LogP contribution in [-0.2, 0) is 4.79 Å². The molecular formula is C20H25BrN4O2. The zero-order valence-electron chi connectivity index (χ0n) is 15.7. The Bertz CT molecular complexity index is 795. The Balaban J connectivity index is 1.56. The second kappa shape index (κ2) is 8.69. The Kier molecular flexibility index (Phi) is 6.31. The Hall–Kier alpha value is -2.15. The second-order valence-electron chi connectivity index (χ2n) is 6.98. The molecular weight excluding hydrogens is 408 g/mol. The molecule has 3 rings (SSSR count). The fourth-order valence-electron chi connectivity index (χ4n) is 3.29. The second-order valence-corrected chi connectivity index (χ2v) is 7.90. The predicted octanol–water partition coefficient (Wildman–Crippen LogP) is 4.11. The van der Waals surface area contributed by atoms with Crippen molar-refractivity contribution in [3.05, 3.63) is 46.6 Å². The van der Waals surface area contributed by atoms with Gasteiger partial charge < -0.3 is 10.2 Å². The molecule has 1 atom stereocenters. The highest BCUT2D eigenvalue weighted by Gasteiger charge is 2.28. The molecule has 1 unspecified atom stereocenters. The molecule has 6 nitrogen and oxygen atoms in total. The molecule has 0 bridgehead atoms. The summed E-state index contributed by atoms with van der Waals surface area (Å²) < 4.78 is 2.80. The molecule has 144 valence electrons. The normalized spacial score (nSPS) is 16.2. The zero-order chi connectivity index (χ0) is 19.4. The smallest absolute Gasteiger partial charge is 0.253 e. The van der Waals surface area contributed by atoms with Gasteiger partial charge >= 0.3 is 0 Å². The van der Waals surface area contributed by atoms with Gasteiger partial charge in [0.15, 0.2) is 0 Å². The van der Waals surface area contributed by atoms with Crippen LogP contribution in [0.1, 0.15) is 49.5 Å². The van der Waals surface area contributed by atoms with Crippen molar-refractivity contribution >= 4 is 33.6 Å². The first-order valence-electron chi connectivity index (χ1n) is 9.38. The van der Waals surface area contributed by atoms with Gasteiger partial charge in [-0.2, -0.15) is 5.10 Å². The van der Waals surface area contributed by atoms with Gasteiger partial charge in [0.25, 0.3) is 5.91 Å². The lowest BCUT2D eigenvalue weighted by molar-refractivity contribution is -0.121. The van der Waals surface area contributed by atoms with Gasteiger partial charge in [-0.3, -0.25) is 9.59 Å². The number of hydrogen-bond acceptors (Lipinski definition) is 3. The van der Waals surface area contributed by atoms with Crippen LogP contribution >= 0.6 is 15.9 Å². The molecule has 1 aromatic heterocycles. The first kappa shape index (κ1) is 19.6. The summed E-state index contributed by atoms with van der Waals surface area (Å²) in [6.07, 6.45) is 4.00. The monoisotopic (exact) mass is 432 g/mol. The van der Waals surface area contributed by atoms with E-state index in [0.29, 0.717) is 31.5 Å². The first-order chi connectivity index (χ1) is 13.0. The number of anilines is 1. The highest BCUT2D eigenvalue weighted by atomic mass is 79.9. The maximum atomic E-state index is 12.7. The lowest BCUT2D eigenvalue weighted by Gasteiger charge is -2.31. The van der Waals surface area contributed by atoms with E-state index in [-0.39, 0.29) is 23.8 Å². The third kappa shape index (κ3) is 4.58. The molecule has 0 saturated carbocycles. The molecule has 0 spiro atoms. The molecule has 0 aliphatic carbocycles. The van der Waals surface area contributed by atoms with E-state index in [9.17, 15) is 9.59 Å². The van der Waals surface area contributed by atoms with E-state index in [2.05, 4.69) is 40.2 Å². The third-order valence-electron chi connectivity index (χ3n) is 5.17. The Morgan fingerprint density at radius 3 is 2.52 bits per heavy atom. The Labute approximate surface area is 168 Å². The molecule has 0 radical (unpaired) electrons. The quantitative estimate of drug-likeness (QED) is 0.772. The maximum Gasteiger partial charge on any atom is 0.253 e. The van der Waals surface area contributed by atoms with E-state index in [4.69, 9.17) is 0 Å². The highest BCUT2D eigenvalue weighted by molar-refractivity contribution is 9.10. The summed E-state index contributed by atoms with van der Waals surface area (Å²) in [5, 5.41) is 7.32. The van der Waals surface area contributed by atoms with Crippen LogP contribution in [0.5, 0.6) is 0 Å². The van der Waals surface area contributed by atoms with Crippen molar-refractivity contribution in [3.8, 4) is 0 Å². The van der Waals surface area contributed by atoms with E-state index in [0.717, 1.165) is 16.7 Å². The molecule has 2 heterocycles. The van der Waals surface area contributed by atoms with Crippen LogP contribution in [0.3, 0.4) is 0 Å². The Morgan fingerprint density at radius 1 is 1.22 bits per heavy atom. The van der Waals surface area contributed by atoms with Gasteiger partial charge in [-0.1, -0.05) is 22.9 Å². The first-order valence-corrected chi connectivity index (χ1v) is 10.2. The number of aromatic nitrogens is 2. The number of piperidine rings is 1. The van der Waals surface area contributed by atoms with Crippen molar-refractivity contribution < 1.29 is 9.59 Å². The number of likely N-dealkylation sites (tertiary alicyclic amines) is 1. The van der Waals surface area contributed by atoms with Crippen molar-refractivity contribution in [1.29, 1.82) is 0 Å². The SMILES string of the molecule is CCC(C)n1nccc1NC(=O)C1CCN(C(=O)c2ccc(Br)cc2)CC1. The molecule has 1 saturated heterocycles. The van der Waals surface area contributed by atoms with Crippen LogP contribution in [0.4, 0.5) is 5.82 Å². The van der Waals surface area contributed by atoms with Gasteiger partial charge in [-0.25, -0.2) is 4.68 Å². The predicted molar refractivity (Wildman–Crippen MR) is 109 cm³/mol. The molecule has 1 aliphatic rings. The lowest BCUT2D eigenvalue weighted by atomic mass is 9.95. The summed E-state index contributed by atoms with van der Waals surface area (Å²) in [7, 11) is 0. The molecule has 1 aromatic carbocycles. The van der Waals surface area contributed by atoms with Gasteiger partial charge in [0.2, 0.25) is 5.91 Å². The topological polar surface area (TPSA) is 67.2 Å². The molecule has 2 amide bonds. The largest absolute Gasteiger partial charge is 0.339 e. The Morgan fingerprint density at radius 2 is 1.89 bits per heavy atom. The summed E-state index contributed by atoms with van der Waals surface area (Å²) in [5.74, 6) is 0.689. The number of carbonyl (C=O) groups excluding carboxylic acids is 2. The van der Waals surface area contributed by atoms with E-state index in [1.807, 2.05) is 39.9 Å².